The van der Waals surface area contributed by atoms with Crippen molar-refractivity contribution in [2.75, 3.05) is 13.1 Å². The largest absolute Gasteiger partial charge is 0.338 e. The van der Waals surface area contributed by atoms with Gasteiger partial charge in [0.1, 0.15) is 0 Å². The predicted molar refractivity (Wildman–Crippen MR) is 89.8 cm³/mol. The lowest BCUT2D eigenvalue weighted by atomic mass is 9.98. The quantitative estimate of drug-likeness (QED) is 0.927. The number of carbonyl (C=O) groups excluding carboxylic acids is 1. The molecule has 2 aliphatic rings. The molecule has 2 fully saturated rings. The zero-order chi connectivity index (χ0) is 15.8. The summed E-state index contributed by atoms with van der Waals surface area (Å²) in [6, 6.07) is 12.2. The van der Waals surface area contributed by atoms with Gasteiger partial charge in [-0.25, -0.2) is 0 Å². The average Bonchev–Trinajstić information content (AvgIpc) is 3.17. The number of pyridine rings is 1. The third-order valence-corrected chi connectivity index (χ3v) is 5.29. The molecule has 1 saturated carbocycles. The smallest absolute Gasteiger partial charge is 0.255 e. The highest BCUT2D eigenvalue weighted by Gasteiger charge is 2.42. The first-order valence-corrected chi connectivity index (χ1v) is 8.27. The van der Waals surface area contributed by atoms with Gasteiger partial charge in [-0.2, -0.15) is 0 Å². The molecule has 1 aliphatic heterocycles. The number of amides is 1. The molecular weight excluding hydrogens is 286 g/mol. The molecule has 2 N–H and O–H groups in total. The number of fused-ring (bicyclic) bond motifs is 1. The van der Waals surface area contributed by atoms with Gasteiger partial charge < -0.3 is 10.6 Å². The van der Waals surface area contributed by atoms with E-state index in [1.54, 1.807) is 12.4 Å². The number of aromatic nitrogens is 1. The normalized spacial score (nSPS) is 26.3. The van der Waals surface area contributed by atoms with E-state index in [4.69, 9.17) is 5.73 Å². The van der Waals surface area contributed by atoms with Crippen LogP contribution in [0.3, 0.4) is 0 Å². The van der Waals surface area contributed by atoms with E-state index in [0.29, 0.717) is 17.4 Å². The third-order valence-electron chi connectivity index (χ3n) is 5.29. The number of carbonyl (C=O) groups is 1. The molecule has 4 rings (SSSR count). The first-order chi connectivity index (χ1) is 11.2. The molecule has 118 valence electrons. The van der Waals surface area contributed by atoms with Gasteiger partial charge in [0, 0.05) is 37.1 Å². The van der Waals surface area contributed by atoms with Gasteiger partial charge in [0.25, 0.3) is 5.91 Å². The van der Waals surface area contributed by atoms with Gasteiger partial charge in [0.2, 0.25) is 0 Å². The van der Waals surface area contributed by atoms with Crippen LogP contribution in [0.5, 0.6) is 0 Å². The molecule has 0 radical (unpaired) electrons. The molecule has 1 aliphatic carbocycles. The van der Waals surface area contributed by atoms with Crippen molar-refractivity contribution < 1.29 is 4.79 Å². The van der Waals surface area contributed by atoms with Crippen molar-refractivity contribution in [3.63, 3.8) is 0 Å². The second-order valence-electron chi connectivity index (χ2n) is 6.70. The van der Waals surface area contributed by atoms with Crippen LogP contribution in [-0.2, 0) is 0 Å². The summed E-state index contributed by atoms with van der Waals surface area (Å²) >= 11 is 0. The van der Waals surface area contributed by atoms with Crippen LogP contribution in [0, 0.1) is 11.8 Å². The summed E-state index contributed by atoms with van der Waals surface area (Å²) in [6.07, 6.45) is 5.73. The number of benzene rings is 1. The van der Waals surface area contributed by atoms with E-state index >= 15 is 0 Å². The van der Waals surface area contributed by atoms with Gasteiger partial charge in [-0.3, -0.25) is 9.78 Å². The van der Waals surface area contributed by atoms with Crippen LogP contribution in [0.25, 0.3) is 11.1 Å². The predicted octanol–water partition coefficient (Wildman–Crippen LogP) is 2.56. The average molecular weight is 307 g/mol. The SMILES string of the molecule is NC1CCC2CN(C(=O)c3cncc(-c4ccccc4)c3)CC12. The van der Waals surface area contributed by atoms with Crippen molar-refractivity contribution in [3.05, 3.63) is 54.4 Å². The summed E-state index contributed by atoms with van der Waals surface area (Å²) in [4.78, 5) is 19.0. The van der Waals surface area contributed by atoms with Crippen molar-refractivity contribution in [2.24, 2.45) is 17.6 Å². The van der Waals surface area contributed by atoms with Crippen LogP contribution < -0.4 is 5.73 Å². The van der Waals surface area contributed by atoms with E-state index in [2.05, 4.69) is 4.98 Å². The van der Waals surface area contributed by atoms with E-state index in [-0.39, 0.29) is 11.9 Å². The second-order valence-corrected chi connectivity index (χ2v) is 6.70. The van der Waals surface area contributed by atoms with Crippen molar-refractivity contribution in [1.82, 2.24) is 9.88 Å². The number of likely N-dealkylation sites (tertiary alicyclic amines) is 1. The minimum atomic E-state index is 0.0804. The van der Waals surface area contributed by atoms with Gasteiger partial charge in [-0.05, 0) is 36.3 Å². The molecule has 1 amide bonds. The van der Waals surface area contributed by atoms with Gasteiger partial charge in [0.05, 0.1) is 5.56 Å². The zero-order valence-electron chi connectivity index (χ0n) is 13.1. The first kappa shape index (κ1) is 14.4. The molecule has 1 aromatic carbocycles. The Hall–Kier alpha value is -2.20. The topological polar surface area (TPSA) is 59.2 Å². The van der Waals surface area contributed by atoms with Gasteiger partial charge in [-0.1, -0.05) is 30.3 Å². The van der Waals surface area contributed by atoms with Crippen molar-refractivity contribution in [1.29, 1.82) is 0 Å². The Balaban J connectivity index is 1.56. The Labute approximate surface area is 136 Å². The number of hydrogen-bond donors (Lipinski definition) is 1. The minimum absolute atomic E-state index is 0.0804. The highest BCUT2D eigenvalue weighted by molar-refractivity contribution is 5.95. The van der Waals surface area contributed by atoms with Crippen LogP contribution in [0.1, 0.15) is 23.2 Å². The van der Waals surface area contributed by atoms with Gasteiger partial charge in [0.15, 0.2) is 0 Å². The minimum Gasteiger partial charge on any atom is -0.338 e. The second kappa shape index (κ2) is 5.78. The van der Waals surface area contributed by atoms with Crippen LogP contribution in [0.4, 0.5) is 0 Å². The molecule has 3 atom stereocenters. The lowest BCUT2D eigenvalue weighted by Crippen LogP contribution is -2.33. The summed E-state index contributed by atoms with van der Waals surface area (Å²) < 4.78 is 0. The lowest BCUT2D eigenvalue weighted by molar-refractivity contribution is 0.0779. The molecule has 0 spiro atoms. The maximum Gasteiger partial charge on any atom is 0.255 e. The van der Waals surface area contributed by atoms with Crippen LogP contribution >= 0.6 is 0 Å². The fourth-order valence-electron chi connectivity index (χ4n) is 4.00. The first-order valence-electron chi connectivity index (χ1n) is 8.27. The molecule has 2 heterocycles. The highest BCUT2D eigenvalue weighted by Crippen LogP contribution is 2.37. The van der Waals surface area contributed by atoms with Crippen LogP contribution in [0.2, 0.25) is 0 Å². The monoisotopic (exact) mass is 307 g/mol. The van der Waals surface area contributed by atoms with Crippen molar-refractivity contribution in [3.8, 4) is 11.1 Å². The fraction of sp³-hybridized carbons (Fsp3) is 0.368. The molecule has 1 saturated heterocycles. The van der Waals surface area contributed by atoms with E-state index in [1.807, 2.05) is 41.3 Å². The van der Waals surface area contributed by atoms with E-state index in [1.165, 1.54) is 0 Å². The highest BCUT2D eigenvalue weighted by atomic mass is 16.2. The Morgan fingerprint density at radius 1 is 1.09 bits per heavy atom. The number of hydrogen-bond acceptors (Lipinski definition) is 3. The molecule has 0 bridgehead atoms. The molecule has 2 aromatic rings. The zero-order valence-corrected chi connectivity index (χ0v) is 13.1. The number of nitrogens with zero attached hydrogens (tertiary/aromatic N) is 2. The summed E-state index contributed by atoms with van der Waals surface area (Å²) in [5, 5.41) is 0. The molecule has 4 heteroatoms. The molecular formula is C19H21N3O. The molecule has 23 heavy (non-hydrogen) atoms. The fourth-order valence-corrected chi connectivity index (χ4v) is 4.00. The Kier molecular flexibility index (Phi) is 3.62. The number of nitrogens with two attached hydrogens (primary N) is 1. The summed E-state index contributed by atoms with van der Waals surface area (Å²) in [5.41, 5.74) is 8.90. The van der Waals surface area contributed by atoms with E-state index in [9.17, 15) is 4.79 Å². The standard InChI is InChI=1S/C19H21N3O/c20-18-7-6-14-11-22(12-17(14)18)19(23)16-8-15(9-21-10-16)13-4-2-1-3-5-13/h1-5,8-10,14,17-18H,6-7,11-12,20H2. The van der Waals surface area contributed by atoms with Crippen LogP contribution in [-0.4, -0.2) is 34.9 Å². The summed E-state index contributed by atoms with van der Waals surface area (Å²) in [7, 11) is 0. The Morgan fingerprint density at radius 3 is 2.70 bits per heavy atom. The van der Waals surface area contributed by atoms with Crippen molar-refractivity contribution in [2.45, 2.75) is 18.9 Å². The maximum absolute atomic E-state index is 12.8. The molecule has 4 nitrogen and oxygen atoms in total. The Morgan fingerprint density at radius 2 is 1.91 bits per heavy atom. The van der Waals surface area contributed by atoms with Gasteiger partial charge in [-0.15, -0.1) is 0 Å². The molecule has 1 aromatic heterocycles. The maximum atomic E-state index is 12.8. The summed E-state index contributed by atoms with van der Waals surface area (Å²) in [5.74, 6) is 1.14. The lowest BCUT2D eigenvalue weighted by Gasteiger charge is -2.19. The van der Waals surface area contributed by atoms with E-state index < -0.39 is 0 Å². The van der Waals surface area contributed by atoms with Crippen LogP contribution in [0.15, 0.2) is 48.8 Å². The summed E-state index contributed by atoms with van der Waals surface area (Å²) in [6.45, 7) is 1.63. The third kappa shape index (κ3) is 2.63. The number of rotatable bonds is 2. The Bertz CT molecular complexity index is 716. The van der Waals surface area contributed by atoms with Gasteiger partial charge >= 0.3 is 0 Å². The van der Waals surface area contributed by atoms with E-state index in [0.717, 1.165) is 37.1 Å². The molecule has 3 unspecified atom stereocenters. The van der Waals surface area contributed by atoms with Crippen molar-refractivity contribution >= 4 is 5.91 Å².